The molecule has 1 unspecified atom stereocenters. The van der Waals surface area contributed by atoms with Crippen molar-refractivity contribution in [3.63, 3.8) is 0 Å². The third-order valence-electron chi connectivity index (χ3n) is 9.26. The molecule has 2 heterocycles. The Balaban J connectivity index is 1.42. The van der Waals surface area contributed by atoms with Gasteiger partial charge in [-0.3, -0.25) is 9.59 Å². The van der Waals surface area contributed by atoms with Crippen LogP contribution in [0.25, 0.3) is 16.5 Å². The molecule has 51 heavy (non-hydrogen) atoms. The topological polar surface area (TPSA) is 131 Å². The normalized spacial score (nSPS) is 14.4. The molecule has 0 aliphatic carbocycles. The second kappa shape index (κ2) is 15.1. The van der Waals surface area contributed by atoms with Crippen molar-refractivity contribution in [1.29, 1.82) is 0 Å². The van der Waals surface area contributed by atoms with Crippen molar-refractivity contribution >= 4 is 61.6 Å². The van der Waals surface area contributed by atoms with E-state index in [0.717, 1.165) is 42.4 Å². The first-order valence-corrected chi connectivity index (χ1v) is 19.2. The van der Waals surface area contributed by atoms with Gasteiger partial charge < -0.3 is 15.5 Å². The lowest BCUT2D eigenvalue weighted by atomic mass is 9.93. The van der Waals surface area contributed by atoms with E-state index < -0.39 is 15.9 Å². The highest BCUT2D eigenvalue weighted by Crippen LogP contribution is 2.33. The van der Waals surface area contributed by atoms with Gasteiger partial charge >= 0.3 is 0 Å². The number of rotatable bonds is 11. The number of hydrogen-bond acceptors (Lipinski definition) is 7. The highest BCUT2D eigenvalue weighted by atomic mass is 35.5. The predicted molar refractivity (Wildman–Crippen MR) is 203 cm³/mol. The average molecular weight is 748 g/mol. The fraction of sp³-hybridized carbons (Fsp3) is 0.289. The predicted octanol–water partition coefficient (Wildman–Crippen LogP) is 6.91. The minimum Gasteiger partial charge on any atom is -0.354 e. The fourth-order valence-electron chi connectivity index (χ4n) is 6.61. The maximum atomic E-state index is 14.7. The van der Waals surface area contributed by atoms with E-state index in [9.17, 15) is 18.0 Å². The number of nitrogens with one attached hydrogen (secondary N) is 1. The maximum absolute atomic E-state index is 14.7. The molecule has 1 atom stereocenters. The summed E-state index contributed by atoms with van der Waals surface area (Å²) in [4.78, 5) is 32.1. The third kappa shape index (κ3) is 7.21. The van der Waals surface area contributed by atoms with Gasteiger partial charge in [-0.1, -0.05) is 79.5 Å². The van der Waals surface area contributed by atoms with E-state index in [1.54, 1.807) is 33.8 Å². The van der Waals surface area contributed by atoms with E-state index >= 15 is 0 Å². The van der Waals surface area contributed by atoms with Crippen LogP contribution in [0, 0.1) is 6.92 Å². The van der Waals surface area contributed by atoms with E-state index in [4.69, 9.17) is 34.0 Å². The van der Waals surface area contributed by atoms with Crippen LogP contribution in [0.5, 0.6) is 0 Å². The smallest absolute Gasteiger partial charge is 0.265 e. The number of anilines is 1. The van der Waals surface area contributed by atoms with Crippen LogP contribution < -0.4 is 15.4 Å². The summed E-state index contributed by atoms with van der Waals surface area (Å²) in [5, 5.41) is 7.03. The molecule has 4 aromatic carbocycles. The first-order chi connectivity index (χ1) is 24.5. The molecular weight excluding hydrogens is 707 g/mol. The Morgan fingerprint density at radius 2 is 1.69 bits per heavy atom. The Morgan fingerprint density at radius 3 is 2.39 bits per heavy atom. The van der Waals surface area contributed by atoms with Crippen molar-refractivity contribution in [2.45, 2.75) is 57.5 Å². The largest absolute Gasteiger partial charge is 0.354 e. The lowest BCUT2D eigenvalue weighted by molar-refractivity contribution is 0.0647. The number of carbonyl (C=O) groups is 2. The third-order valence-corrected chi connectivity index (χ3v) is 11.4. The molecule has 10 nitrogen and oxygen atoms in total. The van der Waals surface area contributed by atoms with Crippen LogP contribution in [0.4, 0.5) is 5.82 Å². The van der Waals surface area contributed by atoms with Crippen molar-refractivity contribution in [2.24, 2.45) is 5.73 Å². The van der Waals surface area contributed by atoms with Crippen molar-refractivity contribution in [2.75, 3.05) is 24.5 Å². The van der Waals surface area contributed by atoms with Gasteiger partial charge in [0.2, 0.25) is 0 Å². The van der Waals surface area contributed by atoms with Crippen molar-refractivity contribution in [1.82, 2.24) is 19.4 Å². The number of nitrogens with zero attached hydrogens (tertiary/aromatic N) is 4. The van der Waals surface area contributed by atoms with Gasteiger partial charge in [0.1, 0.15) is 5.02 Å². The van der Waals surface area contributed by atoms with E-state index in [1.165, 1.54) is 24.3 Å². The molecule has 1 aromatic heterocycles. The Hall–Kier alpha value is -4.42. The summed E-state index contributed by atoms with van der Waals surface area (Å²) in [6.45, 7) is 8.03. The minimum atomic E-state index is -4.32. The number of aromatic nitrogens is 2. The molecule has 0 bridgehead atoms. The van der Waals surface area contributed by atoms with Crippen molar-refractivity contribution in [3.05, 3.63) is 117 Å². The Bertz CT molecular complexity index is 2230. The van der Waals surface area contributed by atoms with Crippen molar-refractivity contribution in [3.8, 4) is 5.69 Å². The zero-order valence-electron chi connectivity index (χ0n) is 28.7. The van der Waals surface area contributed by atoms with Crippen LogP contribution in [-0.4, -0.2) is 60.6 Å². The number of amides is 2. The molecule has 0 saturated carbocycles. The molecule has 3 N–H and O–H groups in total. The lowest BCUT2D eigenvalue weighted by Crippen LogP contribution is -2.48. The van der Waals surface area contributed by atoms with E-state index in [1.807, 2.05) is 37.3 Å². The number of benzene rings is 4. The Morgan fingerprint density at radius 1 is 0.961 bits per heavy atom. The number of carbonyl (C=O) groups excluding carboxylic acids is 2. The zero-order valence-corrected chi connectivity index (χ0v) is 31.0. The van der Waals surface area contributed by atoms with E-state index in [2.05, 4.69) is 23.5 Å². The van der Waals surface area contributed by atoms with Crippen LogP contribution in [0.1, 0.15) is 64.2 Å². The molecule has 1 aliphatic heterocycles. The number of hydrogen-bond donors (Lipinski definition) is 2. The van der Waals surface area contributed by atoms with Gasteiger partial charge in [0.15, 0.2) is 5.82 Å². The summed E-state index contributed by atoms with van der Waals surface area (Å²) in [6.07, 6.45) is 2.35. The standard InChI is InChI=1S/C38H40Cl2N6O4S/c1-4-17-44(18-5-2)36-35(40)24(3)46(42-36)34-16-14-27(20-32(34)38(48)45-23-28-10-7-6-9-26(28)19-29(45)22-41)37(47)43-51(49,50)30-15-13-25-11-8-12-33(39)31(25)21-30/h6-16,20-21,29H,4-5,17-19,22-23,41H2,1-3H3,(H,43,47). The van der Waals surface area contributed by atoms with E-state index in [-0.39, 0.29) is 34.5 Å². The maximum Gasteiger partial charge on any atom is 0.265 e. The summed E-state index contributed by atoms with van der Waals surface area (Å²) in [6, 6.07) is 21.8. The molecule has 0 saturated heterocycles. The first kappa shape index (κ1) is 36.4. The van der Waals surface area contributed by atoms with Crippen LogP contribution in [-0.2, 0) is 23.0 Å². The van der Waals surface area contributed by atoms with Gasteiger partial charge in [-0.15, -0.1) is 5.10 Å². The van der Waals surface area contributed by atoms with Gasteiger partial charge in [0.05, 0.1) is 21.8 Å². The molecule has 0 fully saturated rings. The van der Waals surface area contributed by atoms with E-state index in [0.29, 0.717) is 45.6 Å². The van der Waals surface area contributed by atoms with Crippen LogP contribution in [0.2, 0.25) is 10.0 Å². The highest BCUT2D eigenvalue weighted by molar-refractivity contribution is 7.90. The molecule has 266 valence electrons. The number of nitrogens with two attached hydrogens (primary N) is 1. The summed E-state index contributed by atoms with van der Waals surface area (Å²) in [7, 11) is -4.32. The molecule has 0 radical (unpaired) electrons. The molecule has 5 aromatic rings. The van der Waals surface area contributed by atoms with Gasteiger partial charge in [0, 0.05) is 48.2 Å². The Labute approximate surface area is 308 Å². The molecule has 2 amide bonds. The number of sulfonamides is 1. The molecule has 13 heteroatoms. The van der Waals surface area contributed by atoms with Crippen LogP contribution >= 0.6 is 23.2 Å². The zero-order chi connectivity index (χ0) is 36.4. The average Bonchev–Trinajstić information content (AvgIpc) is 3.43. The molecule has 6 rings (SSSR count). The monoisotopic (exact) mass is 746 g/mol. The SMILES string of the molecule is CCCN(CCC)c1nn(-c2ccc(C(=O)NS(=O)(=O)c3ccc4cccc(Cl)c4c3)cc2C(=O)N2Cc3ccccc3CC2CN)c(C)c1Cl. The second-order valence-electron chi connectivity index (χ2n) is 12.7. The van der Waals surface area contributed by atoms with Crippen molar-refractivity contribution < 1.29 is 18.0 Å². The van der Waals surface area contributed by atoms with Gasteiger partial charge in [-0.05, 0) is 79.1 Å². The summed E-state index contributed by atoms with van der Waals surface area (Å²) in [5.41, 5.74) is 9.50. The number of fused-ring (bicyclic) bond motifs is 2. The van der Waals surface area contributed by atoms with Gasteiger partial charge in [0.25, 0.3) is 21.8 Å². The molecule has 0 spiro atoms. The van der Waals surface area contributed by atoms with Crippen LogP contribution in [0.3, 0.4) is 0 Å². The molecular formula is C38H40Cl2N6O4S. The molecule has 1 aliphatic rings. The lowest BCUT2D eigenvalue weighted by Gasteiger charge is -2.37. The van der Waals surface area contributed by atoms with Gasteiger partial charge in [-0.25, -0.2) is 17.8 Å². The van der Waals surface area contributed by atoms with Crippen LogP contribution in [0.15, 0.2) is 83.8 Å². The second-order valence-corrected chi connectivity index (χ2v) is 15.2. The summed E-state index contributed by atoms with van der Waals surface area (Å²) < 4.78 is 30.8. The Kier molecular flexibility index (Phi) is 10.7. The fourth-order valence-corrected chi connectivity index (χ4v) is 8.09. The highest BCUT2D eigenvalue weighted by Gasteiger charge is 2.33. The quantitative estimate of drug-likeness (QED) is 0.150. The summed E-state index contributed by atoms with van der Waals surface area (Å²) >= 11 is 13.2. The van der Waals surface area contributed by atoms with Gasteiger partial charge in [-0.2, -0.15) is 0 Å². The number of halogens is 2. The minimum absolute atomic E-state index is 0.0269. The first-order valence-electron chi connectivity index (χ1n) is 16.9. The summed E-state index contributed by atoms with van der Waals surface area (Å²) in [5.74, 6) is -0.670.